The Hall–Kier alpha value is -4.86. The van der Waals surface area contributed by atoms with Crippen molar-refractivity contribution in [2.75, 3.05) is 10.6 Å². The molecule has 0 spiro atoms. The third kappa shape index (κ3) is 3.69. The zero-order valence-corrected chi connectivity index (χ0v) is 17.3. The summed E-state index contributed by atoms with van der Waals surface area (Å²) in [7, 11) is 0. The Balaban J connectivity index is 1.40. The number of para-hydroxylation sites is 3. The van der Waals surface area contributed by atoms with Gasteiger partial charge in [-0.3, -0.25) is 4.57 Å². The van der Waals surface area contributed by atoms with Gasteiger partial charge in [0, 0.05) is 11.9 Å². The lowest BCUT2D eigenvalue weighted by Gasteiger charge is -2.10. The van der Waals surface area contributed by atoms with E-state index in [1.807, 2.05) is 59.2 Å². The molecule has 2 aromatic carbocycles. The number of fused-ring (bicyclic) bond motifs is 2. The molecule has 0 saturated heterocycles. The first-order chi connectivity index (χ1) is 16.3. The monoisotopic (exact) mass is 434 g/mol. The number of benzene rings is 2. The molecule has 6 rings (SSSR count). The number of nitrogens with zero attached hydrogens (tertiary/aromatic N) is 7. The van der Waals surface area contributed by atoms with Crippen molar-refractivity contribution >= 4 is 39.8 Å². The van der Waals surface area contributed by atoms with Crippen LogP contribution in [0.4, 0.5) is 17.6 Å². The Kier molecular flexibility index (Phi) is 4.58. The molecule has 6 aromatic rings. The summed E-state index contributed by atoms with van der Waals surface area (Å²) in [6, 6.07) is 19.6. The van der Waals surface area contributed by atoms with E-state index in [0.29, 0.717) is 35.3 Å². The van der Waals surface area contributed by atoms with E-state index in [1.54, 1.807) is 18.6 Å². The topological polar surface area (TPSA) is 122 Å². The van der Waals surface area contributed by atoms with Crippen molar-refractivity contribution in [3.8, 4) is 5.69 Å². The van der Waals surface area contributed by atoms with E-state index in [4.69, 9.17) is 4.98 Å². The summed E-state index contributed by atoms with van der Waals surface area (Å²) in [6.07, 6.45) is 4.87. The summed E-state index contributed by atoms with van der Waals surface area (Å²) >= 11 is 0. The molecule has 0 fully saturated rings. The van der Waals surface area contributed by atoms with Crippen LogP contribution in [-0.4, -0.2) is 39.5 Å². The molecule has 0 radical (unpaired) electrons. The maximum Gasteiger partial charge on any atom is 0.232 e. The predicted molar refractivity (Wildman–Crippen MR) is 125 cm³/mol. The van der Waals surface area contributed by atoms with Crippen molar-refractivity contribution in [3.05, 3.63) is 85.3 Å². The number of anilines is 3. The molecule has 4 aromatic heterocycles. The quantitative estimate of drug-likeness (QED) is 0.361. The maximum atomic E-state index is 4.71. The SMILES string of the molecule is c1ccc(-n2cnc3c(NCc4nc5ccccc5[nH]4)nc(Nc4ccncn4)nc32)cc1. The molecular formula is C23H18N10. The fourth-order valence-corrected chi connectivity index (χ4v) is 3.59. The molecular weight excluding hydrogens is 416 g/mol. The van der Waals surface area contributed by atoms with Crippen LogP contribution in [0.1, 0.15) is 5.82 Å². The Morgan fingerprint density at radius 2 is 1.76 bits per heavy atom. The van der Waals surface area contributed by atoms with Crippen molar-refractivity contribution in [1.29, 1.82) is 0 Å². The molecule has 4 heterocycles. The minimum Gasteiger partial charge on any atom is -0.361 e. The van der Waals surface area contributed by atoms with Crippen LogP contribution >= 0.6 is 0 Å². The molecule has 0 aliphatic rings. The number of imidazole rings is 2. The average Bonchev–Trinajstić information content (AvgIpc) is 3.48. The molecule has 0 unspecified atom stereocenters. The summed E-state index contributed by atoms with van der Waals surface area (Å²) in [5.74, 6) is 2.38. The molecule has 0 saturated carbocycles. The molecule has 0 aliphatic heterocycles. The fourth-order valence-electron chi connectivity index (χ4n) is 3.59. The zero-order chi connectivity index (χ0) is 22.0. The van der Waals surface area contributed by atoms with Gasteiger partial charge in [0.2, 0.25) is 5.95 Å². The van der Waals surface area contributed by atoms with E-state index in [1.165, 1.54) is 6.33 Å². The van der Waals surface area contributed by atoms with Crippen LogP contribution in [0, 0.1) is 0 Å². The van der Waals surface area contributed by atoms with Gasteiger partial charge in [-0.2, -0.15) is 9.97 Å². The highest BCUT2D eigenvalue weighted by molar-refractivity contribution is 5.86. The molecule has 0 bridgehead atoms. The highest BCUT2D eigenvalue weighted by Gasteiger charge is 2.15. The number of hydrogen-bond acceptors (Lipinski definition) is 8. The standard InChI is InChI=1S/C23H18N10/c1-2-6-15(7-3-1)33-14-27-20-21(25-12-19-28-16-8-4-5-9-17(16)29-19)31-23(32-22(20)33)30-18-10-11-24-13-26-18/h1-11,13-14H,12H2,(H,28,29)(H2,24,25,26,30,31,32). The Bertz CT molecular complexity index is 1510. The minimum atomic E-state index is 0.394. The van der Waals surface area contributed by atoms with Crippen molar-refractivity contribution in [1.82, 2.24) is 39.5 Å². The third-order valence-corrected chi connectivity index (χ3v) is 5.11. The minimum absolute atomic E-state index is 0.394. The largest absolute Gasteiger partial charge is 0.361 e. The fraction of sp³-hybridized carbons (Fsp3) is 0.0435. The van der Waals surface area contributed by atoms with Crippen LogP contribution in [0.2, 0.25) is 0 Å². The van der Waals surface area contributed by atoms with Gasteiger partial charge in [-0.1, -0.05) is 30.3 Å². The van der Waals surface area contributed by atoms with Gasteiger partial charge in [0.25, 0.3) is 0 Å². The lowest BCUT2D eigenvalue weighted by Crippen LogP contribution is -2.08. The van der Waals surface area contributed by atoms with Crippen molar-refractivity contribution in [2.45, 2.75) is 6.54 Å². The summed E-state index contributed by atoms with van der Waals surface area (Å²) < 4.78 is 1.93. The van der Waals surface area contributed by atoms with Gasteiger partial charge in [-0.05, 0) is 30.3 Å². The number of rotatable bonds is 6. The molecule has 0 aliphatic carbocycles. The zero-order valence-electron chi connectivity index (χ0n) is 17.3. The van der Waals surface area contributed by atoms with Crippen molar-refractivity contribution in [2.24, 2.45) is 0 Å². The number of aromatic amines is 1. The van der Waals surface area contributed by atoms with Gasteiger partial charge in [-0.25, -0.2) is 19.9 Å². The van der Waals surface area contributed by atoms with E-state index < -0.39 is 0 Å². The second kappa shape index (κ2) is 8.00. The van der Waals surface area contributed by atoms with E-state index in [2.05, 4.69) is 40.5 Å². The van der Waals surface area contributed by atoms with Crippen molar-refractivity contribution < 1.29 is 0 Å². The Morgan fingerprint density at radius 3 is 2.61 bits per heavy atom. The van der Waals surface area contributed by atoms with Crippen LogP contribution in [0.3, 0.4) is 0 Å². The summed E-state index contributed by atoms with van der Waals surface area (Å²) in [5.41, 5.74) is 4.18. The molecule has 0 amide bonds. The van der Waals surface area contributed by atoms with Gasteiger partial charge in [-0.15, -0.1) is 0 Å². The van der Waals surface area contributed by atoms with Crippen LogP contribution in [-0.2, 0) is 6.54 Å². The van der Waals surface area contributed by atoms with E-state index in [-0.39, 0.29) is 0 Å². The van der Waals surface area contributed by atoms with E-state index in [0.717, 1.165) is 22.5 Å². The number of H-pyrrole nitrogens is 1. The molecule has 3 N–H and O–H groups in total. The first kappa shape index (κ1) is 18.9. The van der Waals surface area contributed by atoms with E-state index >= 15 is 0 Å². The van der Waals surface area contributed by atoms with Gasteiger partial charge in [0.15, 0.2) is 17.0 Å². The van der Waals surface area contributed by atoms with Gasteiger partial charge in [0.1, 0.15) is 24.3 Å². The van der Waals surface area contributed by atoms with Crippen molar-refractivity contribution in [3.63, 3.8) is 0 Å². The summed E-state index contributed by atoms with van der Waals surface area (Å²) in [6.45, 7) is 0.450. The van der Waals surface area contributed by atoms with Gasteiger partial charge >= 0.3 is 0 Å². The van der Waals surface area contributed by atoms with Crippen LogP contribution in [0.15, 0.2) is 79.5 Å². The van der Waals surface area contributed by atoms with Crippen LogP contribution < -0.4 is 10.6 Å². The Labute approximate surface area is 187 Å². The number of hydrogen-bond donors (Lipinski definition) is 3. The molecule has 10 nitrogen and oxygen atoms in total. The number of aromatic nitrogens is 8. The van der Waals surface area contributed by atoms with Crippen LogP contribution in [0.5, 0.6) is 0 Å². The first-order valence-corrected chi connectivity index (χ1v) is 10.3. The average molecular weight is 434 g/mol. The predicted octanol–water partition coefficient (Wildman–Crippen LogP) is 3.84. The van der Waals surface area contributed by atoms with Gasteiger partial charge < -0.3 is 15.6 Å². The molecule has 160 valence electrons. The highest BCUT2D eigenvalue weighted by Crippen LogP contribution is 2.25. The molecule has 0 atom stereocenters. The highest BCUT2D eigenvalue weighted by atomic mass is 15.2. The smallest absolute Gasteiger partial charge is 0.232 e. The molecule has 33 heavy (non-hydrogen) atoms. The summed E-state index contributed by atoms with van der Waals surface area (Å²) in [4.78, 5) is 30.1. The maximum absolute atomic E-state index is 4.71. The lowest BCUT2D eigenvalue weighted by molar-refractivity contribution is 0.995. The van der Waals surface area contributed by atoms with Gasteiger partial charge in [0.05, 0.1) is 17.6 Å². The summed E-state index contributed by atoms with van der Waals surface area (Å²) in [5, 5.41) is 6.51. The van der Waals surface area contributed by atoms with Crippen LogP contribution in [0.25, 0.3) is 27.9 Å². The third-order valence-electron chi connectivity index (χ3n) is 5.11. The second-order valence-electron chi connectivity index (χ2n) is 7.29. The first-order valence-electron chi connectivity index (χ1n) is 10.3. The Morgan fingerprint density at radius 1 is 0.879 bits per heavy atom. The molecule has 10 heteroatoms. The van der Waals surface area contributed by atoms with E-state index in [9.17, 15) is 0 Å². The second-order valence-corrected chi connectivity index (χ2v) is 7.29. The lowest BCUT2D eigenvalue weighted by atomic mass is 10.3. The number of nitrogens with one attached hydrogen (secondary N) is 3. The normalized spacial score (nSPS) is 11.2.